The van der Waals surface area contributed by atoms with Crippen LogP contribution < -0.4 is 4.74 Å². The highest BCUT2D eigenvalue weighted by Crippen LogP contribution is 2.19. The predicted molar refractivity (Wildman–Crippen MR) is 80.3 cm³/mol. The fourth-order valence-corrected chi connectivity index (χ4v) is 2.58. The molecule has 2 aromatic rings. The first kappa shape index (κ1) is 15.4. The molecule has 0 unspecified atom stereocenters. The van der Waals surface area contributed by atoms with Gasteiger partial charge in [-0.1, -0.05) is 6.07 Å². The van der Waals surface area contributed by atoms with E-state index >= 15 is 0 Å². The van der Waals surface area contributed by atoms with Crippen molar-refractivity contribution in [2.45, 2.75) is 19.4 Å². The molecule has 1 aliphatic heterocycles. The number of likely N-dealkylation sites (tertiary alicyclic amines) is 1. The van der Waals surface area contributed by atoms with Crippen LogP contribution in [0.1, 0.15) is 22.5 Å². The summed E-state index contributed by atoms with van der Waals surface area (Å²) in [6, 6.07) is 8.68. The van der Waals surface area contributed by atoms with E-state index in [0.29, 0.717) is 25.4 Å². The summed E-state index contributed by atoms with van der Waals surface area (Å²) in [5, 5.41) is 0. The van der Waals surface area contributed by atoms with Crippen molar-refractivity contribution in [3.05, 3.63) is 59.3 Å². The SMILES string of the molecule is Cc1cccc(O[C@@H]2CCN(C(=O)c3ccc(F)c(F)c3)C2)n1. The number of hydrogen-bond acceptors (Lipinski definition) is 3. The van der Waals surface area contributed by atoms with Gasteiger partial charge in [-0.05, 0) is 31.2 Å². The number of nitrogens with zero attached hydrogens (tertiary/aromatic N) is 2. The lowest BCUT2D eigenvalue weighted by Gasteiger charge is -2.17. The fourth-order valence-electron chi connectivity index (χ4n) is 2.58. The monoisotopic (exact) mass is 318 g/mol. The van der Waals surface area contributed by atoms with E-state index in [4.69, 9.17) is 4.74 Å². The maximum Gasteiger partial charge on any atom is 0.254 e. The molecule has 4 nitrogen and oxygen atoms in total. The van der Waals surface area contributed by atoms with Gasteiger partial charge in [-0.3, -0.25) is 4.79 Å². The molecule has 1 aromatic carbocycles. The molecule has 2 heterocycles. The van der Waals surface area contributed by atoms with Crippen LogP contribution in [0.5, 0.6) is 5.88 Å². The topological polar surface area (TPSA) is 42.4 Å². The van der Waals surface area contributed by atoms with Gasteiger partial charge in [0.15, 0.2) is 11.6 Å². The highest BCUT2D eigenvalue weighted by atomic mass is 19.2. The average molecular weight is 318 g/mol. The van der Waals surface area contributed by atoms with E-state index in [9.17, 15) is 13.6 Å². The van der Waals surface area contributed by atoms with E-state index in [1.807, 2.05) is 19.1 Å². The van der Waals surface area contributed by atoms with E-state index in [0.717, 1.165) is 17.8 Å². The second kappa shape index (κ2) is 6.32. The van der Waals surface area contributed by atoms with Crippen molar-refractivity contribution in [1.82, 2.24) is 9.88 Å². The smallest absolute Gasteiger partial charge is 0.254 e. The predicted octanol–water partition coefficient (Wildman–Crippen LogP) is 2.96. The zero-order valence-corrected chi connectivity index (χ0v) is 12.6. The number of hydrogen-bond donors (Lipinski definition) is 0. The van der Waals surface area contributed by atoms with E-state index in [2.05, 4.69) is 4.98 Å². The third kappa shape index (κ3) is 3.47. The lowest BCUT2D eigenvalue weighted by molar-refractivity contribution is 0.0770. The summed E-state index contributed by atoms with van der Waals surface area (Å²) in [4.78, 5) is 18.2. The van der Waals surface area contributed by atoms with Crippen LogP contribution >= 0.6 is 0 Å². The number of amides is 1. The van der Waals surface area contributed by atoms with Gasteiger partial charge in [-0.15, -0.1) is 0 Å². The molecule has 1 aromatic heterocycles. The van der Waals surface area contributed by atoms with Crippen LogP contribution in [-0.2, 0) is 0 Å². The maximum atomic E-state index is 13.2. The van der Waals surface area contributed by atoms with Gasteiger partial charge >= 0.3 is 0 Å². The number of aromatic nitrogens is 1. The number of rotatable bonds is 3. The summed E-state index contributed by atoms with van der Waals surface area (Å²) in [6.45, 7) is 2.78. The van der Waals surface area contributed by atoms with Crippen molar-refractivity contribution in [2.24, 2.45) is 0 Å². The van der Waals surface area contributed by atoms with Crippen LogP contribution in [0.4, 0.5) is 8.78 Å². The van der Waals surface area contributed by atoms with Crippen molar-refractivity contribution in [3.8, 4) is 5.88 Å². The number of benzene rings is 1. The van der Waals surface area contributed by atoms with Crippen molar-refractivity contribution in [3.63, 3.8) is 0 Å². The number of carbonyl (C=O) groups excluding carboxylic acids is 1. The highest BCUT2D eigenvalue weighted by molar-refractivity contribution is 5.94. The molecular formula is C17H16F2N2O2. The first-order chi connectivity index (χ1) is 11.0. The zero-order chi connectivity index (χ0) is 16.4. The van der Waals surface area contributed by atoms with Crippen molar-refractivity contribution >= 4 is 5.91 Å². The van der Waals surface area contributed by atoms with Gasteiger partial charge in [0, 0.05) is 30.3 Å². The number of pyridine rings is 1. The van der Waals surface area contributed by atoms with Crippen molar-refractivity contribution in [1.29, 1.82) is 0 Å². The number of halogens is 2. The van der Waals surface area contributed by atoms with Gasteiger partial charge in [-0.25, -0.2) is 13.8 Å². The molecule has 6 heteroatoms. The Morgan fingerprint density at radius 2 is 2.09 bits per heavy atom. The molecule has 0 radical (unpaired) electrons. The van der Waals surface area contributed by atoms with E-state index < -0.39 is 11.6 Å². The molecule has 1 atom stereocenters. The summed E-state index contributed by atoms with van der Waals surface area (Å²) in [5.41, 5.74) is 0.994. The Morgan fingerprint density at radius 1 is 1.26 bits per heavy atom. The second-order valence-electron chi connectivity index (χ2n) is 5.53. The standard InChI is InChI=1S/C17H16F2N2O2/c1-11-3-2-4-16(20-11)23-13-7-8-21(10-13)17(22)12-5-6-14(18)15(19)9-12/h2-6,9,13H,7-8,10H2,1H3/t13-/m1/s1. The largest absolute Gasteiger partial charge is 0.472 e. The Labute approximate surface area is 132 Å². The van der Waals surface area contributed by atoms with E-state index in [1.54, 1.807) is 11.0 Å². The third-order valence-electron chi connectivity index (χ3n) is 3.75. The fraction of sp³-hybridized carbons (Fsp3) is 0.294. The normalized spacial score (nSPS) is 17.3. The van der Waals surface area contributed by atoms with Crippen molar-refractivity contribution < 1.29 is 18.3 Å². The minimum absolute atomic E-state index is 0.137. The number of aryl methyl sites for hydroxylation is 1. The van der Waals surface area contributed by atoms with Crippen LogP contribution in [0, 0.1) is 18.6 Å². The Balaban J connectivity index is 1.64. The Kier molecular flexibility index (Phi) is 4.23. The van der Waals surface area contributed by atoms with Crippen LogP contribution in [0.2, 0.25) is 0 Å². The summed E-state index contributed by atoms with van der Waals surface area (Å²) in [7, 11) is 0. The van der Waals surface area contributed by atoms with Crippen LogP contribution in [-0.4, -0.2) is 35.0 Å². The zero-order valence-electron chi connectivity index (χ0n) is 12.6. The summed E-state index contributed by atoms with van der Waals surface area (Å²) in [6.07, 6.45) is 0.518. The lowest BCUT2D eigenvalue weighted by Crippen LogP contribution is -2.31. The minimum Gasteiger partial charge on any atom is -0.472 e. The molecule has 3 rings (SSSR count). The molecule has 1 aliphatic rings. The third-order valence-corrected chi connectivity index (χ3v) is 3.75. The first-order valence-electron chi connectivity index (χ1n) is 7.37. The molecule has 0 saturated carbocycles. The van der Waals surface area contributed by atoms with Gasteiger partial charge < -0.3 is 9.64 Å². The molecule has 120 valence electrons. The molecule has 1 saturated heterocycles. The molecule has 0 N–H and O–H groups in total. The molecular weight excluding hydrogens is 302 g/mol. The van der Waals surface area contributed by atoms with Crippen LogP contribution in [0.3, 0.4) is 0 Å². The van der Waals surface area contributed by atoms with Crippen molar-refractivity contribution in [2.75, 3.05) is 13.1 Å². The van der Waals surface area contributed by atoms with Crippen LogP contribution in [0.15, 0.2) is 36.4 Å². The summed E-state index contributed by atoms with van der Waals surface area (Å²) in [5.74, 6) is -1.79. The molecule has 0 aliphatic carbocycles. The van der Waals surface area contributed by atoms with Gasteiger partial charge in [0.05, 0.1) is 6.54 Å². The quantitative estimate of drug-likeness (QED) is 0.874. The Hall–Kier alpha value is -2.50. The maximum absolute atomic E-state index is 13.2. The molecule has 23 heavy (non-hydrogen) atoms. The Bertz CT molecular complexity index is 736. The van der Waals surface area contributed by atoms with E-state index in [-0.39, 0.29) is 17.6 Å². The summed E-state index contributed by atoms with van der Waals surface area (Å²) < 4.78 is 32.0. The first-order valence-corrected chi connectivity index (χ1v) is 7.37. The van der Waals surface area contributed by atoms with Crippen LogP contribution in [0.25, 0.3) is 0 Å². The highest BCUT2D eigenvalue weighted by Gasteiger charge is 2.29. The number of ether oxygens (including phenoxy) is 1. The van der Waals surface area contributed by atoms with Gasteiger partial charge in [0.1, 0.15) is 6.10 Å². The average Bonchev–Trinajstić information content (AvgIpc) is 2.98. The molecule has 0 spiro atoms. The minimum atomic E-state index is -1.02. The lowest BCUT2D eigenvalue weighted by atomic mass is 10.2. The van der Waals surface area contributed by atoms with Gasteiger partial charge in [0.2, 0.25) is 5.88 Å². The Morgan fingerprint density at radius 3 is 2.83 bits per heavy atom. The van der Waals surface area contributed by atoms with E-state index in [1.165, 1.54) is 6.07 Å². The second-order valence-corrected chi connectivity index (χ2v) is 5.53. The molecule has 0 bridgehead atoms. The van der Waals surface area contributed by atoms with Gasteiger partial charge in [0.25, 0.3) is 5.91 Å². The number of carbonyl (C=O) groups is 1. The molecule has 1 amide bonds. The summed E-state index contributed by atoms with van der Waals surface area (Å²) >= 11 is 0. The molecule has 1 fully saturated rings. The van der Waals surface area contributed by atoms with Gasteiger partial charge in [-0.2, -0.15) is 0 Å².